The molecule has 0 spiro atoms. The average Bonchev–Trinajstić information content (AvgIpc) is 2.42. The number of nitrogens with zero attached hydrogens (tertiary/aromatic N) is 1. The molecular formula is C16H25ClN2O. The molecule has 0 saturated carbocycles. The van der Waals surface area contributed by atoms with Gasteiger partial charge in [0.05, 0.1) is 6.10 Å². The monoisotopic (exact) mass is 296 g/mol. The van der Waals surface area contributed by atoms with E-state index in [9.17, 15) is 0 Å². The predicted molar refractivity (Wildman–Crippen MR) is 84.1 cm³/mol. The van der Waals surface area contributed by atoms with Crippen molar-refractivity contribution in [2.24, 2.45) is 5.73 Å². The Bertz CT molecular complexity index is 401. The highest BCUT2D eigenvalue weighted by Gasteiger charge is 2.24. The molecule has 1 heterocycles. The first-order valence-electron chi connectivity index (χ1n) is 7.41. The van der Waals surface area contributed by atoms with Crippen LogP contribution in [0.15, 0.2) is 24.3 Å². The normalized spacial score (nSPS) is 22.8. The van der Waals surface area contributed by atoms with E-state index in [-0.39, 0.29) is 12.1 Å². The maximum Gasteiger partial charge on any atom is 0.0702 e. The van der Waals surface area contributed by atoms with Gasteiger partial charge in [-0.05, 0) is 50.9 Å². The van der Waals surface area contributed by atoms with Gasteiger partial charge in [-0.3, -0.25) is 4.90 Å². The molecule has 0 radical (unpaired) electrons. The Kier molecular flexibility index (Phi) is 5.85. The molecule has 4 heteroatoms. The Morgan fingerprint density at radius 3 is 2.60 bits per heavy atom. The molecule has 0 aliphatic carbocycles. The molecule has 2 rings (SSSR count). The molecule has 3 unspecified atom stereocenters. The van der Waals surface area contributed by atoms with E-state index in [4.69, 9.17) is 22.1 Å². The molecule has 1 aromatic carbocycles. The van der Waals surface area contributed by atoms with Crippen molar-refractivity contribution in [3.63, 3.8) is 0 Å². The molecule has 1 aromatic rings. The molecule has 0 aromatic heterocycles. The van der Waals surface area contributed by atoms with E-state index >= 15 is 0 Å². The molecule has 112 valence electrons. The fourth-order valence-corrected chi connectivity index (χ4v) is 3.13. The first-order chi connectivity index (χ1) is 9.58. The predicted octanol–water partition coefficient (Wildman–Crippen LogP) is 3.23. The third-order valence-electron chi connectivity index (χ3n) is 3.95. The summed E-state index contributed by atoms with van der Waals surface area (Å²) in [6.45, 7) is 3.87. The second-order valence-corrected chi connectivity index (χ2v) is 6.22. The van der Waals surface area contributed by atoms with Gasteiger partial charge in [0.1, 0.15) is 0 Å². The van der Waals surface area contributed by atoms with Crippen LogP contribution in [0.2, 0.25) is 5.02 Å². The number of hydrogen-bond donors (Lipinski definition) is 1. The Morgan fingerprint density at radius 2 is 2.05 bits per heavy atom. The van der Waals surface area contributed by atoms with Crippen LogP contribution in [-0.4, -0.2) is 37.2 Å². The molecule has 0 amide bonds. The number of rotatable bonds is 5. The summed E-state index contributed by atoms with van der Waals surface area (Å²) in [5.74, 6) is 0. The molecule has 1 aliphatic heterocycles. The van der Waals surface area contributed by atoms with E-state index in [0.29, 0.717) is 6.10 Å². The fraction of sp³-hybridized carbons (Fsp3) is 0.625. The Balaban J connectivity index is 2.05. The van der Waals surface area contributed by atoms with E-state index in [0.717, 1.165) is 24.6 Å². The van der Waals surface area contributed by atoms with Gasteiger partial charge in [-0.15, -0.1) is 0 Å². The lowest BCUT2D eigenvalue weighted by Gasteiger charge is -2.35. The lowest BCUT2D eigenvalue weighted by atomic mass is 9.98. The van der Waals surface area contributed by atoms with Crippen molar-refractivity contribution in [1.82, 2.24) is 4.90 Å². The molecular weight excluding hydrogens is 272 g/mol. The van der Waals surface area contributed by atoms with Crippen LogP contribution in [0.5, 0.6) is 0 Å². The van der Waals surface area contributed by atoms with Crippen LogP contribution in [0, 0.1) is 0 Å². The Labute approximate surface area is 127 Å². The van der Waals surface area contributed by atoms with Crippen molar-refractivity contribution >= 4 is 11.6 Å². The van der Waals surface area contributed by atoms with Crippen molar-refractivity contribution in [2.75, 3.05) is 20.2 Å². The summed E-state index contributed by atoms with van der Waals surface area (Å²) in [6.07, 6.45) is 3.94. The number of halogens is 1. The highest BCUT2D eigenvalue weighted by molar-refractivity contribution is 6.30. The van der Waals surface area contributed by atoms with Gasteiger partial charge >= 0.3 is 0 Å². The molecule has 3 nitrogen and oxygen atoms in total. The fourth-order valence-electron chi connectivity index (χ4n) is 3.01. The minimum absolute atomic E-state index is 0.0600. The summed E-state index contributed by atoms with van der Waals surface area (Å²) < 4.78 is 5.83. The third-order valence-corrected chi connectivity index (χ3v) is 4.20. The SMILES string of the molecule is CC(N)C(c1ccc(Cl)cc1)N(C)CC1CCCCO1. The third kappa shape index (κ3) is 4.19. The lowest BCUT2D eigenvalue weighted by molar-refractivity contribution is -0.00985. The van der Waals surface area contributed by atoms with Gasteiger partial charge in [-0.1, -0.05) is 23.7 Å². The van der Waals surface area contributed by atoms with Crippen LogP contribution in [0.25, 0.3) is 0 Å². The highest BCUT2D eigenvalue weighted by Crippen LogP contribution is 2.25. The van der Waals surface area contributed by atoms with Crippen LogP contribution in [0.4, 0.5) is 0 Å². The molecule has 0 bridgehead atoms. The number of ether oxygens (including phenoxy) is 1. The quantitative estimate of drug-likeness (QED) is 0.906. The minimum Gasteiger partial charge on any atom is -0.377 e. The molecule has 1 saturated heterocycles. The molecule has 3 atom stereocenters. The Morgan fingerprint density at radius 1 is 1.35 bits per heavy atom. The summed E-state index contributed by atoms with van der Waals surface area (Å²) >= 11 is 5.97. The summed E-state index contributed by atoms with van der Waals surface area (Å²) in [4.78, 5) is 2.31. The van der Waals surface area contributed by atoms with Crippen molar-refractivity contribution in [1.29, 1.82) is 0 Å². The van der Waals surface area contributed by atoms with Gasteiger partial charge in [-0.25, -0.2) is 0 Å². The lowest BCUT2D eigenvalue weighted by Crippen LogP contribution is -2.42. The molecule has 2 N–H and O–H groups in total. The summed E-state index contributed by atoms with van der Waals surface area (Å²) in [5, 5.41) is 0.760. The standard InChI is InChI=1S/C16H25ClN2O/c1-12(18)16(13-6-8-14(17)9-7-13)19(2)11-15-5-3-4-10-20-15/h6-9,12,15-16H,3-5,10-11,18H2,1-2H3. The van der Waals surface area contributed by atoms with Gasteiger partial charge < -0.3 is 10.5 Å². The van der Waals surface area contributed by atoms with E-state index in [2.05, 4.69) is 31.0 Å². The highest BCUT2D eigenvalue weighted by atomic mass is 35.5. The smallest absolute Gasteiger partial charge is 0.0702 e. The van der Waals surface area contributed by atoms with E-state index in [1.165, 1.54) is 18.4 Å². The van der Waals surface area contributed by atoms with Crippen LogP contribution < -0.4 is 5.73 Å². The zero-order valence-corrected chi connectivity index (χ0v) is 13.1. The van der Waals surface area contributed by atoms with Crippen molar-refractivity contribution in [3.05, 3.63) is 34.9 Å². The number of hydrogen-bond acceptors (Lipinski definition) is 3. The van der Waals surface area contributed by atoms with Crippen molar-refractivity contribution < 1.29 is 4.74 Å². The maximum absolute atomic E-state index is 6.20. The molecule has 20 heavy (non-hydrogen) atoms. The average molecular weight is 297 g/mol. The second-order valence-electron chi connectivity index (χ2n) is 5.78. The van der Waals surface area contributed by atoms with Gasteiger partial charge in [0.15, 0.2) is 0 Å². The first kappa shape index (κ1) is 15.8. The van der Waals surface area contributed by atoms with E-state index < -0.39 is 0 Å². The van der Waals surface area contributed by atoms with Gasteiger partial charge in [-0.2, -0.15) is 0 Å². The number of likely N-dealkylation sites (N-methyl/N-ethyl adjacent to an activating group) is 1. The topological polar surface area (TPSA) is 38.5 Å². The molecule has 1 aliphatic rings. The Hall–Kier alpha value is -0.610. The number of nitrogens with two attached hydrogens (primary N) is 1. The molecule has 1 fully saturated rings. The summed E-state index contributed by atoms with van der Waals surface area (Å²) in [5.41, 5.74) is 7.41. The first-order valence-corrected chi connectivity index (χ1v) is 7.78. The van der Waals surface area contributed by atoms with Crippen LogP contribution in [0.1, 0.15) is 37.8 Å². The minimum atomic E-state index is 0.0600. The van der Waals surface area contributed by atoms with Crippen molar-refractivity contribution in [2.45, 2.75) is 44.4 Å². The zero-order valence-electron chi connectivity index (χ0n) is 12.4. The summed E-state index contributed by atoms with van der Waals surface area (Å²) in [7, 11) is 2.13. The van der Waals surface area contributed by atoms with Crippen LogP contribution in [0.3, 0.4) is 0 Å². The summed E-state index contributed by atoms with van der Waals surface area (Å²) in [6, 6.07) is 8.24. The number of benzene rings is 1. The zero-order chi connectivity index (χ0) is 14.5. The van der Waals surface area contributed by atoms with Crippen LogP contribution >= 0.6 is 11.6 Å². The largest absolute Gasteiger partial charge is 0.377 e. The van der Waals surface area contributed by atoms with Gasteiger partial charge in [0.2, 0.25) is 0 Å². The van der Waals surface area contributed by atoms with Crippen molar-refractivity contribution in [3.8, 4) is 0 Å². The van der Waals surface area contributed by atoms with Crippen LogP contribution in [-0.2, 0) is 4.74 Å². The van der Waals surface area contributed by atoms with Gasteiger partial charge in [0.25, 0.3) is 0 Å². The van der Waals surface area contributed by atoms with Gasteiger partial charge in [0, 0.05) is 30.3 Å². The second kappa shape index (κ2) is 7.41. The maximum atomic E-state index is 6.20. The van der Waals surface area contributed by atoms with E-state index in [1.807, 2.05) is 12.1 Å². The van der Waals surface area contributed by atoms with E-state index in [1.54, 1.807) is 0 Å².